The monoisotopic (exact) mass is 364 g/mol. The van der Waals surface area contributed by atoms with Crippen molar-refractivity contribution in [2.75, 3.05) is 6.54 Å². The maximum absolute atomic E-state index is 11.5. The predicted molar refractivity (Wildman–Crippen MR) is 111 cm³/mol. The van der Waals surface area contributed by atoms with Crippen molar-refractivity contribution < 1.29 is 9.28 Å². The molecule has 26 heavy (non-hydrogen) atoms. The first-order chi connectivity index (χ1) is 12.6. The number of rotatable bonds is 14. The van der Waals surface area contributed by atoms with Crippen LogP contribution in [-0.4, -0.2) is 29.3 Å². The van der Waals surface area contributed by atoms with Gasteiger partial charge in [-0.1, -0.05) is 64.0 Å². The summed E-state index contributed by atoms with van der Waals surface area (Å²) in [5.74, 6) is 0.0349. The highest BCUT2D eigenvalue weighted by atomic mass is 16.1. The van der Waals surface area contributed by atoms with E-state index in [-0.39, 0.29) is 12.1 Å². The lowest BCUT2D eigenvalue weighted by Crippen LogP contribution is -2.62. The second-order valence-electron chi connectivity index (χ2n) is 7.66. The number of carbonyl (C=O) groups excluding carboxylic acids is 1. The SMILES string of the molecule is CCCCCCCCCC/C=C/CC1NC=C[N+]1(CC)C(C)NC(C)=O. The van der Waals surface area contributed by atoms with Crippen molar-refractivity contribution >= 4 is 5.91 Å². The van der Waals surface area contributed by atoms with Crippen LogP contribution in [0.1, 0.15) is 91.9 Å². The van der Waals surface area contributed by atoms with Gasteiger partial charge < -0.3 is 10.6 Å². The molecule has 0 aromatic rings. The Morgan fingerprint density at radius 3 is 2.38 bits per heavy atom. The zero-order valence-electron chi connectivity index (χ0n) is 17.6. The maximum Gasteiger partial charge on any atom is 0.221 e. The molecular formula is C22H42N3O+. The predicted octanol–water partition coefficient (Wildman–Crippen LogP) is 5.18. The van der Waals surface area contributed by atoms with Crippen LogP contribution in [-0.2, 0) is 4.79 Å². The van der Waals surface area contributed by atoms with Gasteiger partial charge in [-0.3, -0.25) is 9.28 Å². The van der Waals surface area contributed by atoms with E-state index in [9.17, 15) is 4.79 Å². The largest absolute Gasteiger partial charge is 0.337 e. The van der Waals surface area contributed by atoms with Gasteiger partial charge in [0.15, 0.2) is 12.3 Å². The van der Waals surface area contributed by atoms with Crippen molar-refractivity contribution in [2.24, 2.45) is 0 Å². The first-order valence-electron chi connectivity index (χ1n) is 10.8. The third-order valence-corrected chi connectivity index (χ3v) is 5.65. The number of hydrogen-bond acceptors (Lipinski definition) is 2. The number of nitrogens with one attached hydrogen (secondary N) is 2. The first kappa shape index (κ1) is 22.8. The summed E-state index contributed by atoms with van der Waals surface area (Å²) in [4.78, 5) is 11.5. The first-order valence-corrected chi connectivity index (χ1v) is 10.8. The van der Waals surface area contributed by atoms with Gasteiger partial charge >= 0.3 is 0 Å². The van der Waals surface area contributed by atoms with Crippen molar-refractivity contribution in [3.63, 3.8) is 0 Å². The molecule has 0 spiro atoms. The summed E-state index contributed by atoms with van der Waals surface area (Å²) in [6.45, 7) is 9.11. The Morgan fingerprint density at radius 2 is 1.77 bits per heavy atom. The Morgan fingerprint density at radius 1 is 1.12 bits per heavy atom. The van der Waals surface area contributed by atoms with Gasteiger partial charge in [0.2, 0.25) is 5.91 Å². The van der Waals surface area contributed by atoms with Gasteiger partial charge in [-0.05, 0) is 19.8 Å². The number of quaternary nitrogens is 1. The number of carbonyl (C=O) groups is 1. The Labute approximate surface area is 161 Å². The molecule has 0 aromatic carbocycles. The summed E-state index contributed by atoms with van der Waals surface area (Å²) in [7, 11) is 0. The van der Waals surface area contributed by atoms with E-state index in [1.54, 1.807) is 6.92 Å². The Balaban J connectivity index is 2.26. The molecule has 150 valence electrons. The highest BCUT2D eigenvalue weighted by molar-refractivity contribution is 5.72. The number of nitrogens with zero attached hydrogens (tertiary/aromatic N) is 1. The quantitative estimate of drug-likeness (QED) is 0.253. The zero-order valence-corrected chi connectivity index (χ0v) is 17.6. The van der Waals surface area contributed by atoms with Crippen LogP contribution in [0.2, 0.25) is 0 Å². The lowest BCUT2D eigenvalue weighted by molar-refractivity contribution is -0.923. The average Bonchev–Trinajstić information content (AvgIpc) is 3.03. The minimum atomic E-state index is 0.0349. The third kappa shape index (κ3) is 7.53. The van der Waals surface area contributed by atoms with Crippen LogP contribution < -0.4 is 10.6 Å². The van der Waals surface area contributed by atoms with Crippen molar-refractivity contribution in [1.82, 2.24) is 10.6 Å². The molecule has 3 atom stereocenters. The molecule has 0 aliphatic carbocycles. The summed E-state index contributed by atoms with van der Waals surface area (Å²) in [6.07, 6.45) is 22.4. The molecule has 1 aliphatic heterocycles. The second-order valence-corrected chi connectivity index (χ2v) is 7.66. The number of amides is 1. The fraction of sp³-hybridized carbons (Fsp3) is 0.773. The summed E-state index contributed by atoms with van der Waals surface area (Å²) in [5, 5.41) is 6.54. The van der Waals surface area contributed by atoms with E-state index in [0.717, 1.165) is 17.4 Å². The molecule has 4 heteroatoms. The molecule has 2 N–H and O–H groups in total. The second kappa shape index (κ2) is 13.0. The average molecular weight is 365 g/mol. The zero-order chi connectivity index (χ0) is 19.3. The van der Waals surface area contributed by atoms with Crippen molar-refractivity contribution in [3.8, 4) is 0 Å². The third-order valence-electron chi connectivity index (χ3n) is 5.65. The highest BCUT2D eigenvalue weighted by Crippen LogP contribution is 2.24. The maximum atomic E-state index is 11.5. The number of allylic oxidation sites excluding steroid dienone is 1. The lowest BCUT2D eigenvalue weighted by Gasteiger charge is -2.41. The van der Waals surface area contributed by atoms with E-state index in [1.165, 1.54) is 57.8 Å². The fourth-order valence-corrected chi connectivity index (χ4v) is 3.95. The van der Waals surface area contributed by atoms with Gasteiger partial charge in [-0.15, -0.1) is 0 Å². The number of hydrogen-bond donors (Lipinski definition) is 2. The van der Waals surface area contributed by atoms with Gasteiger partial charge in [0.1, 0.15) is 6.20 Å². The van der Waals surface area contributed by atoms with E-state index in [4.69, 9.17) is 0 Å². The van der Waals surface area contributed by atoms with Gasteiger partial charge in [0, 0.05) is 20.3 Å². The molecule has 0 bridgehead atoms. The van der Waals surface area contributed by atoms with Crippen LogP contribution in [0, 0.1) is 0 Å². The van der Waals surface area contributed by atoms with Crippen LogP contribution in [0.15, 0.2) is 24.6 Å². The van der Waals surface area contributed by atoms with E-state index >= 15 is 0 Å². The summed E-state index contributed by atoms with van der Waals surface area (Å²) < 4.78 is 0.766. The molecule has 4 nitrogen and oxygen atoms in total. The molecular weight excluding hydrogens is 322 g/mol. The standard InChI is InChI=1S/C22H41N3O/c1-5-7-8-9-10-11-12-13-14-15-16-17-22-23-18-19-25(22,6-2)20(3)24-21(4)26/h15-16,18-20,22-23H,5-14,17H2,1-4H3/p+1/b16-15+. The summed E-state index contributed by atoms with van der Waals surface area (Å²) in [5.41, 5.74) is 0. The molecule has 1 rings (SSSR count). The fourth-order valence-electron chi connectivity index (χ4n) is 3.95. The number of unbranched alkanes of at least 4 members (excludes halogenated alkanes) is 8. The minimum Gasteiger partial charge on any atom is -0.337 e. The van der Waals surface area contributed by atoms with E-state index in [2.05, 4.69) is 49.8 Å². The van der Waals surface area contributed by atoms with E-state index < -0.39 is 0 Å². The Hall–Kier alpha value is -1.29. The molecule has 1 heterocycles. The van der Waals surface area contributed by atoms with Crippen molar-refractivity contribution in [2.45, 2.75) is 104 Å². The molecule has 0 aromatic heterocycles. The van der Waals surface area contributed by atoms with Crippen LogP contribution in [0.25, 0.3) is 0 Å². The van der Waals surface area contributed by atoms with Gasteiger partial charge in [-0.2, -0.15) is 0 Å². The molecule has 3 unspecified atom stereocenters. The van der Waals surface area contributed by atoms with Gasteiger partial charge in [0.25, 0.3) is 0 Å². The lowest BCUT2D eigenvalue weighted by atomic mass is 10.1. The van der Waals surface area contributed by atoms with Crippen molar-refractivity contribution in [3.05, 3.63) is 24.6 Å². The Bertz CT molecular complexity index is 447. The van der Waals surface area contributed by atoms with Gasteiger partial charge in [0.05, 0.1) is 12.7 Å². The van der Waals surface area contributed by atoms with E-state index in [0.29, 0.717) is 6.17 Å². The van der Waals surface area contributed by atoms with Crippen LogP contribution in [0.5, 0.6) is 0 Å². The minimum absolute atomic E-state index is 0.0349. The molecule has 0 saturated heterocycles. The molecule has 1 amide bonds. The smallest absolute Gasteiger partial charge is 0.221 e. The molecule has 1 aliphatic rings. The normalized spacial score (nSPS) is 23.3. The summed E-state index contributed by atoms with van der Waals surface area (Å²) in [6, 6.07) is 0. The highest BCUT2D eigenvalue weighted by Gasteiger charge is 2.41. The molecule has 0 radical (unpaired) electrons. The Kier molecular flexibility index (Phi) is 11.3. The molecule has 0 saturated carbocycles. The van der Waals surface area contributed by atoms with Crippen LogP contribution >= 0.6 is 0 Å². The summed E-state index contributed by atoms with van der Waals surface area (Å²) >= 11 is 0. The van der Waals surface area contributed by atoms with Gasteiger partial charge in [-0.25, -0.2) is 0 Å². The van der Waals surface area contributed by atoms with Crippen LogP contribution in [0.4, 0.5) is 0 Å². The topological polar surface area (TPSA) is 41.1 Å². The van der Waals surface area contributed by atoms with Crippen LogP contribution in [0.3, 0.4) is 0 Å². The molecule has 0 fully saturated rings. The van der Waals surface area contributed by atoms with E-state index in [1.807, 2.05) is 6.20 Å². The van der Waals surface area contributed by atoms with Crippen molar-refractivity contribution in [1.29, 1.82) is 0 Å².